The van der Waals surface area contributed by atoms with Crippen molar-refractivity contribution in [2.75, 3.05) is 13.1 Å². The number of hydrogen-bond acceptors (Lipinski definition) is 3. The summed E-state index contributed by atoms with van der Waals surface area (Å²) in [5.74, 6) is 0. The zero-order valence-electron chi connectivity index (χ0n) is 10.1. The molecule has 3 heteroatoms. The molecule has 16 heavy (non-hydrogen) atoms. The Balaban J connectivity index is 2.11. The first-order valence-electron chi connectivity index (χ1n) is 6.34. The maximum Gasteiger partial charge on any atom is 0.0950 e. The van der Waals surface area contributed by atoms with E-state index in [1.807, 2.05) is 12.3 Å². The number of nitrogens with two attached hydrogens (primary N) is 1. The summed E-state index contributed by atoms with van der Waals surface area (Å²) in [5.41, 5.74) is 7.14. The molecule has 3 nitrogen and oxygen atoms in total. The lowest BCUT2D eigenvalue weighted by Crippen LogP contribution is -2.39. The molecule has 0 radical (unpaired) electrons. The SMILES string of the molecule is CCN(C1CCCC1)C(CN)c1ccoc1. The molecule has 0 aromatic carbocycles. The molecule has 0 amide bonds. The van der Waals surface area contributed by atoms with Gasteiger partial charge < -0.3 is 10.2 Å². The maximum absolute atomic E-state index is 5.92. The van der Waals surface area contributed by atoms with E-state index in [0.29, 0.717) is 18.6 Å². The van der Waals surface area contributed by atoms with Crippen LogP contribution in [0.2, 0.25) is 0 Å². The third-order valence-corrected chi connectivity index (χ3v) is 3.71. The highest BCUT2D eigenvalue weighted by Crippen LogP contribution is 2.30. The van der Waals surface area contributed by atoms with E-state index in [1.165, 1.54) is 31.2 Å². The van der Waals surface area contributed by atoms with E-state index in [1.54, 1.807) is 6.26 Å². The number of nitrogens with zero attached hydrogens (tertiary/aromatic N) is 1. The Kier molecular flexibility index (Phi) is 4.02. The quantitative estimate of drug-likeness (QED) is 0.832. The molecule has 90 valence electrons. The lowest BCUT2D eigenvalue weighted by Gasteiger charge is -2.34. The van der Waals surface area contributed by atoms with Gasteiger partial charge in [-0.2, -0.15) is 0 Å². The fourth-order valence-electron chi connectivity index (χ4n) is 2.90. The Morgan fingerprint density at radius 2 is 2.25 bits per heavy atom. The van der Waals surface area contributed by atoms with Gasteiger partial charge in [-0.25, -0.2) is 0 Å². The molecule has 1 fully saturated rings. The molecule has 1 aromatic rings. The Bertz CT molecular complexity index is 291. The monoisotopic (exact) mass is 222 g/mol. The van der Waals surface area contributed by atoms with E-state index in [-0.39, 0.29) is 0 Å². The van der Waals surface area contributed by atoms with Crippen molar-refractivity contribution in [1.29, 1.82) is 0 Å². The zero-order chi connectivity index (χ0) is 11.4. The molecule has 1 heterocycles. The number of rotatable bonds is 5. The third kappa shape index (κ3) is 2.30. The van der Waals surface area contributed by atoms with Gasteiger partial charge in [0.15, 0.2) is 0 Å². The van der Waals surface area contributed by atoms with Crippen molar-refractivity contribution in [3.05, 3.63) is 24.2 Å². The van der Waals surface area contributed by atoms with Crippen LogP contribution >= 0.6 is 0 Å². The molecule has 0 aliphatic heterocycles. The average Bonchev–Trinajstić information content (AvgIpc) is 2.97. The smallest absolute Gasteiger partial charge is 0.0950 e. The van der Waals surface area contributed by atoms with Crippen molar-refractivity contribution in [3.8, 4) is 0 Å². The lowest BCUT2D eigenvalue weighted by molar-refractivity contribution is 0.146. The molecular formula is C13H22N2O. The summed E-state index contributed by atoms with van der Waals surface area (Å²) in [7, 11) is 0. The van der Waals surface area contributed by atoms with E-state index in [9.17, 15) is 0 Å². The van der Waals surface area contributed by atoms with Gasteiger partial charge in [0.1, 0.15) is 0 Å². The molecule has 1 saturated carbocycles. The van der Waals surface area contributed by atoms with Crippen LogP contribution in [0.25, 0.3) is 0 Å². The van der Waals surface area contributed by atoms with Crippen molar-refractivity contribution < 1.29 is 4.42 Å². The van der Waals surface area contributed by atoms with Crippen LogP contribution in [-0.4, -0.2) is 24.0 Å². The van der Waals surface area contributed by atoms with Crippen molar-refractivity contribution >= 4 is 0 Å². The van der Waals surface area contributed by atoms with Gasteiger partial charge in [0.25, 0.3) is 0 Å². The van der Waals surface area contributed by atoms with E-state index in [0.717, 1.165) is 6.54 Å². The largest absolute Gasteiger partial charge is 0.472 e. The minimum atomic E-state index is 0.326. The number of likely N-dealkylation sites (N-methyl/N-ethyl adjacent to an activating group) is 1. The molecule has 0 saturated heterocycles. The molecule has 1 atom stereocenters. The van der Waals surface area contributed by atoms with Crippen LogP contribution in [0.3, 0.4) is 0 Å². The van der Waals surface area contributed by atoms with Crippen molar-refractivity contribution in [3.63, 3.8) is 0 Å². The first-order chi connectivity index (χ1) is 7.86. The number of hydrogen-bond donors (Lipinski definition) is 1. The van der Waals surface area contributed by atoms with Crippen LogP contribution in [0.1, 0.15) is 44.2 Å². The third-order valence-electron chi connectivity index (χ3n) is 3.71. The first kappa shape index (κ1) is 11.7. The summed E-state index contributed by atoms with van der Waals surface area (Å²) in [6.45, 7) is 3.96. The van der Waals surface area contributed by atoms with Gasteiger partial charge in [-0.1, -0.05) is 19.8 Å². The maximum atomic E-state index is 5.92. The van der Waals surface area contributed by atoms with Crippen molar-refractivity contribution in [2.45, 2.75) is 44.7 Å². The highest BCUT2D eigenvalue weighted by Gasteiger charge is 2.28. The summed E-state index contributed by atoms with van der Waals surface area (Å²) >= 11 is 0. The fourth-order valence-corrected chi connectivity index (χ4v) is 2.90. The summed E-state index contributed by atoms with van der Waals surface area (Å²) < 4.78 is 5.17. The van der Waals surface area contributed by atoms with Gasteiger partial charge in [0.05, 0.1) is 18.6 Å². The molecule has 1 aliphatic carbocycles. The minimum Gasteiger partial charge on any atom is -0.472 e. The normalized spacial score (nSPS) is 19.4. The topological polar surface area (TPSA) is 42.4 Å². The van der Waals surface area contributed by atoms with E-state index in [2.05, 4.69) is 11.8 Å². The second-order valence-electron chi connectivity index (χ2n) is 4.58. The first-order valence-corrected chi connectivity index (χ1v) is 6.34. The molecule has 1 unspecified atom stereocenters. The Morgan fingerprint density at radius 3 is 2.75 bits per heavy atom. The molecule has 1 aliphatic rings. The highest BCUT2D eigenvalue weighted by molar-refractivity contribution is 5.13. The second-order valence-corrected chi connectivity index (χ2v) is 4.58. The predicted molar refractivity (Wildman–Crippen MR) is 65.1 cm³/mol. The van der Waals surface area contributed by atoms with Crippen molar-refractivity contribution in [1.82, 2.24) is 4.90 Å². The van der Waals surface area contributed by atoms with Crippen LogP contribution in [0.4, 0.5) is 0 Å². The highest BCUT2D eigenvalue weighted by atomic mass is 16.3. The van der Waals surface area contributed by atoms with Crippen LogP contribution in [0.15, 0.2) is 23.0 Å². The van der Waals surface area contributed by atoms with Crippen LogP contribution in [0.5, 0.6) is 0 Å². The lowest BCUT2D eigenvalue weighted by atomic mass is 10.1. The number of furan rings is 1. The zero-order valence-corrected chi connectivity index (χ0v) is 10.1. The summed E-state index contributed by atoms with van der Waals surface area (Å²) in [4.78, 5) is 2.54. The second kappa shape index (κ2) is 5.51. The standard InChI is InChI=1S/C13H22N2O/c1-2-15(12-5-3-4-6-12)13(9-14)11-7-8-16-10-11/h7-8,10,12-13H,2-6,9,14H2,1H3. The van der Waals surface area contributed by atoms with Gasteiger partial charge >= 0.3 is 0 Å². The van der Waals surface area contributed by atoms with Gasteiger partial charge in [-0.05, 0) is 25.5 Å². The van der Waals surface area contributed by atoms with Gasteiger partial charge in [0.2, 0.25) is 0 Å². The Hall–Kier alpha value is -0.800. The predicted octanol–water partition coefficient (Wildman–Crippen LogP) is 2.54. The fraction of sp³-hybridized carbons (Fsp3) is 0.692. The van der Waals surface area contributed by atoms with E-state index in [4.69, 9.17) is 10.2 Å². The average molecular weight is 222 g/mol. The van der Waals surface area contributed by atoms with Gasteiger partial charge in [-0.3, -0.25) is 4.90 Å². The molecule has 2 N–H and O–H groups in total. The van der Waals surface area contributed by atoms with Gasteiger partial charge in [0, 0.05) is 18.2 Å². The summed E-state index contributed by atoms with van der Waals surface area (Å²) in [6, 6.07) is 3.08. The van der Waals surface area contributed by atoms with Crippen LogP contribution in [0, 0.1) is 0 Å². The summed E-state index contributed by atoms with van der Waals surface area (Å²) in [6.07, 6.45) is 8.94. The van der Waals surface area contributed by atoms with E-state index < -0.39 is 0 Å². The molecule has 2 rings (SSSR count). The molecule has 0 spiro atoms. The molecule has 1 aromatic heterocycles. The van der Waals surface area contributed by atoms with Gasteiger partial charge in [-0.15, -0.1) is 0 Å². The van der Waals surface area contributed by atoms with Crippen LogP contribution < -0.4 is 5.73 Å². The van der Waals surface area contributed by atoms with E-state index >= 15 is 0 Å². The Labute approximate surface area is 97.6 Å². The van der Waals surface area contributed by atoms with Crippen LogP contribution in [-0.2, 0) is 0 Å². The van der Waals surface area contributed by atoms with Crippen molar-refractivity contribution in [2.24, 2.45) is 5.73 Å². The summed E-state index contributed by atoms with van der Waals surface area (Å²) in [5, 5.41) is 0. The minimum absolute atomic E-state index is 0.326. The Morgan fingerprint density at radius 1 is 1.50 bits per heavy atom. The molecular weight excluding hydrogens is 200 g/mol. The molecule has 0 bridgehead atoms.